The summed E-state index contributed by atoms with van der Waals surface area (Å²) >= 11 is 0. The summed E-state index contributed by atoms with van der Waals surface area (Å²) in [6.45, 7) is 11.2. The maximum atomic E-state index is 13.1. The Hall–Kier alpha value is -2.60. The van der Waals surface area contributed by atoms with Crippen LogP contribution in [0.25, 0.3) is 0 Å². The third kappa shape index (κ3) is 5.11. The van der Waals surface area contributed by atoms with Crippen LogP contribution >= 0.6 is 0 Å². The van der Waals surface area contributed by atoms with Gasteiger partial charge in [-0.15, -0.1) is 0 Å². The Morgan fingerprint density at radius 2 is 1.83 bits per heavy atom. The molecule has 6 heteroatoms. The minimum absolute atomic E-state index is 0.0367. The summed E-state index contributed by atoms with van der Waals surface area (Å²) in [6, 6.07) is 12.3. The predicted octanol–water partition coefficient (Wildman–Crippen LogP) is 2.97. The largest absolute Gasteiger partial charge is 0.355 e. The zero-order chi connectivity index (χ0) is 21.5. The quantitative estimate of drug-likeness (QED) is 0.691. The highest BCUT2D eigenvalue weighted by atomic mass is 16.2. The van der Waals surface area contributed by atoms with Crippen molar-refractivity contribution in [1.29, 1.82) is 0 Å². The number of carbonyl (C=O) groups is 2. The fourth-order valence-corrected chi connectivity index (χ4v) is 4.22. The van der Waals surface area contributed by atoms with E-state index in [1.807, 2.05) is 23.1 Å². The molecule has 30 heavy (non-hydrogen) atoms. The topological polar surface area (TPSA) is 57.6 Å². The summed E-state index contributed by atoms with van der Waals surface area (Å²) in [5.74, 6) is -0.0158. The van der Waals surface area contributed by atoms with Crippen LogP contribution in [0.3, 0.4) is 0 Å². The van der Waals surface area contributed by atoms with Gasteiger partial charge in [0.2, 0.25) is 11.8 Å². The third-order valence-electron chi connectivity index (χ3n) is 6.05. The van der Waals surface area contributed by atoms with E-state index >= 15 is 0 Å². The number of hydrogen-bond acceptors (Lipinski definition) is 3. The normalized spacial score (nSPS) is 15.9. The fourth-order valence-electron chi connectivity index (χ4n) is 4.22. The van der Waals surface area contributed by atoms with E-state index in [9.17, 15) is 9.59 Å². The summed E-state index contributed by atoms with van der Waals surface area (Å²) in [6.07, 6.45) is 2.54. The van der Waals surface area contributed by atoms with Crippen molar-refractivity contribution < 1.29 is 9.59 Å². The standard InChI is InChI=1S/C24H34N4O2/c1-4-26(5-2)16-14-25-22(29)12-13-23(30)28-18-17-27-15-8-11-21(27)24(28)20-10-7-6-9-19(20)3/h6-11,15,24H,4-5,12-14,16-18H2,1-3H3,(H,25,29)/t24-/m0/s1. The van der Waals surface area contributed by atoms with Crippen molar-refractivity contribution in [3.63, 3.8) is 0 Å². The number of rotatable bonds is 9. The molecule has 2 amide bonds. The molecule has 2 aromatic rings. The molecule has 0 unspecified atom stereocenters. The summed E-state index contributed by atoms with van der Waals surface area (Å²) in [5.41, 5.74) is 3.45. The average molecular weight is 411 g/mol. The molecule has 1 aromatic carbocycles. The number of amides is 2. The van der Waals surface area contributed by atoms with Crippen LogP contribution in [-0.4, -0.2) is 58.9 Å². The minimum Gasteiger partial charge on any atom is -0.355 e. The Morgan fingerprint density at radius 3 is 2.57 bits per heavy atom. The highest BCUT2D eigenvalue weighted by molar-refractivity contribution is 5.84. The minimum atomic E-state index is -0.104. The van der Waals surface area contributed by atoms with Crippen LogP contribution in [0.4, 0.5) is 0 Å². The van der Waals surface area contributed by atoms with Gasteiger partial charge < -0.3 is 19.7 Å². The van der Waals surface area contributed by atoms with Gasteiger partial charge in [0, 0.05) is 50.9 Å². The van der Waals surface area contributed by atoms with E-state index in [4.69, 9.17) is 0 Å². The second-order valence-electron chi connectivity index (χ2n) is 7.85. The molecule has 1 N–H and O–H groups in total. The molecule has 0 spiro atoms. The SMILES string of the molecule is CCN(CC)CCNC(=O)CCC(=O)N1CCn2cccc2[C@@H]1c1ccccc1C. The Balaban J connectivity index is 1.63. The number of nitrogens with zero attached hydrogens (tertiary/aromatic N) is 3. The number of fused-ring (bicyclic) bond motifs is 1. The van der Waals surface area contributed by atoms with Crippen molar-refractivity contribution in [2.45, 2.75) is 46.2 Å². The van der Waals surface area contributed by atoms with E-state index in [-0.39, 0.29) is 30.7 Å². The molecule has 1 aliphatic rings. The molecule has 162 valence electrons. The summed E-state index contributed by atoms with van der Waals surface area (Å²) < 4.78 is 2.22. The van der Waals surface area contributed by atoms with Gasteiger partial charge in [-0.3, -0.25) is 9.59 Å². The number of aryl methyl sites for hydroxylation is 1. The summed E-state index contributed by atoms with van der Waals surface area (Å²) in [4.78, 5) is 29.6. The van der Waals surface area contributed by atoms with Gasteiger partial charge in [0.25, 0.3) is 0 Å². The zero-order valence-corrected chi connectivity index (χ0v) is 18.4. The molecule has 1 aliphatic heterocycles. The molecule has 0 aliphatic carbocycles. The lowest BCUT2D eigenvalue weighted by Crippen LogP contribution is -2.43. The molecule has 0 bridgehead atoms. The van der Waals surface area contributed by atoms with Gasteiger partial charge in [-0.25, -0.2) is 0 Å². The van der Waals surface area contributed by atoms with Gasteiger partial charge in [0.1, 0.15) is 0 Å². The van der Waals surface area contributed by atoms with E-state index in [0.717, 1.165) is 37.4 Å². The van der Waals surface area contributed by atoms with Crippen LogP contribution < -0.4 is 5.32 Å². The van der Waals surface area contributed by atoms with E-state index in [2.05, 4.69) is 60.0 Å². The van der Waals surface area contributed by atoms with Crippen LogP contribution in [0, 0.1) is 6.92 Å². The molecule has 0 fully saturated rings. The third-order valence-corrected chi connectivity index (χ3v) is 6.05. The van der Waals surface area contributed by atoms with E-state index in [0.29, 0.717) is 13.1 Å². The monoisotopic (exact) mass is 410 g/mol. The number of carbonyl (C=O) groups excluding carboxylic acids is 2. The molecule has 1 aromatic heterocycles. The first-order valence-corrected chi connectivity index (χ1v) is 11.0. The first kappa shape index (κ1) is 22.1. The highest BCUT2D eigenvalue weighted by Gasteiger charge is 2.32. The van der Waals surface area contributed by atoms with Gasteiger partial charge in [0.05, 0.1) is 6.04 Å². The smallest absolute Gasteiger partial charge is 0.223 e. The maximum absolute atomic E-state index is 13.1. The van der Waals surface area contributed by atoms with Crippen LogP contribution in [0.2, 0.25) is 0 Å². The number of nitrogens with one attached hydrogen (secondary N) is 1. The molecule has 0 saturated carbocycles. The van der Waals surface area contributed by atoms with Gasteiger partial charge in [0.15, 0.2) is 0 Å². The van der Waals surface area contributed by atoms with Crippen LogP contribution in [0.15, 0.2) is 42.6 Å². The van der Waals surface area contributed by atoms with Crippen molar-refractivity contribution in [3.05, 3.63) is 59.4 Å². The van der Waals surface area contributed by atoms with Gasteiger partial charge >= 0.3 is 0 Å². The fraction of sp³-hybridized carbons (Fsp3) is 0.500. The highest BCUT2D eigenvalue weighted by Crippen LogP contribution is 2.34. The first-order valence-electron chi connectivity index (χ1n) is 11.0. The van der Waals surface area contributed by atoms with Gasteiger partial charge in [-0.05, 0) is 43.3 Å². The molecule has 2 heterocycles. The lowest BCUT2D eigenvalue weighted by Gasteiger charge is -2.38. The van der Waals surface area contributed by atoms with Gasteiger partial charge in [-0.1, -0.05) is 38.1 Å². The lowest BCUT2D eigenvalue weighted by molar-refractivity contribution is -0.136. The molecule has 0 radical (unpaired) electrons. The molecule has 3 rings (SSSR count). The van der Waals surface area contributed by atoms with Crippen molar-refractivity contribution in [2.75, 3.05) is 32.7 Å². The lowest BCUT2D eigenvalue weighted by atomic mass is 9.95. The average Bonchev–Trinajstić information content (AvgIpc) is 3.24. The van der Waals surface area contributed by atoms with Crippen LogP contribution in [0.5, 0.6) is 0 Å². The zero-order valence-electron chi connectivity index (χ0n) is 18.4. The second-order valence-corrected chi connectivity index (χ2v) is 7.85. The Labute approximate surface area is 179 Å². The molecule has 6 nitrogen and oxygen atoms in total. The second kappa shape index (κ2) is 10.4. The van der Waals surface area contributed by atoms with Crippen molar-refractivity contribution >= 4 is 11.8 Å². The summed E-state index contributed by atoms with van der Waals surface area (Å²) in [5, 5.41) is 2.95. The van der Waals surface area contributed by atoms with Crippen molar-refractivity contribution in [3.8, 4) is 0 Å². The number of aromatic nitrogens is 1. The molecular weight excluding hydrogens is 376 g/mol. The Kier molecular flexibility index (Phi) is 7.69. The summed E-state index contributed by atoms with van der Waals surface area (Å²) in [7, 11) is 0. The number of benzene rings is 1. The molecular formula is C24H34N4O2. The van der Waals surface area contributed by atoms with Crippen molar-refractivity contribution in [2.24, 2.45) is 0 Å². The van der Waals surface area contributed by atoms with Crippen LogP contribution in [-0.2, 0) is 16.1 Å². The Morgan fingerprint density at radius 1 is 1.07 bits per heavy atom. The molecule has 1 atom stereocenters. The Bertz CT molecular complexity index is 856. The van der Waals surface area contributed by atoms with Crippen molar-refractivity contribution in [1.82, 2.24) is 19.7 Å². The first-order chi connectivity index (χ1) is 14.5. The van der Waals surface area contributed by atoms with E-state index < -0.39 is 0 Å². The number of hydrogen-bond donors (Lipinski definition) is 1. The van der Waals surface area contributed by atoms with E-state index in [1.165, 1.54) is 5.56 Å². The predicted molar refractivity (Wildman–Crippen MR) is 119 cm³/mol. The van der Waals surface area contributed by atoms with Crippen LogP contribution in [0.1, 0.15) is 49.6 Å². The maximum Gasteiger partial charge on any atom is 0.223 e. The van der Waals surface area contributed by atoms with E-state index in [1.54, 1.807) is 0 Å². The van der Waals surface area contributed by atoms with Gasteiger partial charge in [-0.2, -0.15) is 0 Å². The number of likely N-dealkylation sites (N-methyl/N-ethyl adjacent to an activating group) is 1. The molecule has 0 saturated heterocycles.